The molecule has 0 aliphatic carbocycles. The van der Waals surface area contributed by atoms with Crippen LogP contribution in [0.3, 0.4) is 0 Å². The van der Waals surface area contributed by atoms with E-state index in [4.69, 9.17) is 38.3 Å². The monoisotopic (exact) mass is 400 g/mol. The van der Waals surface area contributed by atoms with Crippen LogP contribution in [0.1, 0.15) is 51.3 Å². The number of aliphatic carboxylic acids is 1. The van der Waals surface area contributed by atoms with E-state index >= 15 is 0 Å². The molecule has 0 spiro atoms. The van der Waals surface area contributed by atoms with Crippen molar-refractivity contribution in [3.8, 4) is 6.01 Å². The summed E-state index contributed by atoms with van der Waals surface area (Å²) >= 11 is 0. The van der Waals surface area contributed by atoms with Crippen LogP contribution in [0.2, 0.25) is 0 Å². The van der Waals surface area contributed by atoms with Crippen molar-refractivity contribution in [2.45, 2.75) is 25.4 Å². The van der Waals surface area contributed by atoms with Crippen molar-refractivity contribution in [1.29, 1.82) is 1.43 Å². The van der Waals surface area contributed by atoms with Gasteiger partial charge in [0.25, 0.3) is 1.43 Å². The Bertz CT molecular complexity index is 1710. The molecule has 0 amide bonds. The fourth-order valence-electron chi connectivity index (χ4n) is 2.13. The Labute approximate surface area is 194 Å². The van der Waals surface area contributed by atoms with E-state index < -0.39 is 133 Å². The van der Waals surface area contributed by atoms with Gasteiger partial charge in [-0.15, -0.1) is 0 Å². The Kier molecular flexibility index (Phi) is 1.72. The van der Waals surface area contributed by atoms with E-state index in [1.54, 1.807) is 0 Å². The first-order chi connectivity index (χ1) is 22.5. The third-order valence-corrected chi connectivity index (χ3v) is 3.21. The highest BCUT2D eigenvalue weighted by Crippen LogP contribution is 2.38. The highest BCUT2D eigenvalue weighted by molar-refractivity contribution is 5.76. The molecule has 0 fully saturated rings. The minimum atomic E-state index is -4.48. The molecule has 3 rings (SSSR count). The van der Waals surface area contributed by atoms with E-state index in [0.29, 0.717) is 0 Å². The van der Waals surface area contributed by atoms with Gasteiger partial charge >= 0.3 is 12.0 Å². The number of aryl methyl sites for hydroxylation is 2. The molecule has 0 bridgehead atoms. The molecule has 0 aliphatic heterocycles. The van der Waals surface area contributed by atoms with Crippen molar-refractivity contribution in [2.75, 3.05) is 7.04 Å². The fraction of sp³-hybridized carbons (Fsp3) is 0.227. The van der Waals surface area contributed by atoms with Gasteiger partial charge in [-0.3, -0.25) is 0 Å². The molecule has 1 aromatic heterocycles. The van der Waals surface area contributed by atoms with E-state index in [-0.39, 0.29) is 0 Å². The lowest BCUT2D eigenvalue weighted by Gasteiger charge is -2.37. The van der Waals surface area contributed by atoms with Crippen LogP contribution in [0.4, 0.5) is 0 Å². The van der Waals surface area contributed by atoms with Crippen molar-refractivity contribution in [3.05, 3.63) is 89.0 Å². The van der Waals surface area contributed by atoms with E-state index in [9.17, 15) is 6.17 Å². The quantitative estimate of drug-likeness (QED) is 0.653. The van der Waals surface area contributed by atoms with Crippen LogP contribution in [-0.4, -0.2) is 34.2 Å². The molecule has 0 radical (unpaired) electrons. The Balaban J connectivity index is 2.85. The Morgan fingerprint density at radius 1 is 1.11 bits per heavy atom. The molecule has 0 aliphatic rings. The van der Waals surface area contributed by atoms with Crippen LogP contribution in [0.15, 0.2) is 66.5 Å². The highest BCUT2D eigenvalue weighted by Gasteiger charge is 2.49. The molecule has 0 saturated heterocycles. The highest BCUT2D eigenvalue weighted by atomic mass is 16.6. The second-order valence-electron chi connectivity index (χ2n) is 4.83. The van der Waals surface area contributed by atoms with Crippen LogP contribution in [0.25, 0.3) is 1.43 Å². The summed E-state index contributed by atoms with van der Waals surface area (Å²) in [6.45, 7) is -6.91. The normalized spacial score (nSPS) is 26.0. The van der Waals surface area contributed by atoms with Crippen molar-refractivity contribution in [3.63, 3.8) is 0 Å². The van der Waals surface area contributed by atoms with Crippen molar-refractivity contribution in [2.24, 2.45) is 0 Å². The number of carboxylic acid groups (broad SMARTS) is 1. The van der Waals surface area contributed by atoms with Gasteiger partial charge in [-0.05, 0) is 30.9 Å². The number of ether oxygens (including phenoxy) is 2. The number of hydrogen-bond donors (Lipinski definition) is 1. The van der Waals surface area contributed by atoms with Crippen LogP contribution in [0.5, 0.6) is 6.01 Å². The summed E-state index contributed by atoms with van der Waals surface area (Å²) in [7, 11) is -4.07. The molecular formula is C22H22N2O4. The van der Waals surface area contributed by atoms with Gasteiger partial charge in [-0.2, -0.15) is 0 Å². The molecule has 6 heteroatoms. The Morgan fingerprint density at radius 2 is 1.68 bits per heavy atom. The third kappa shape index (κ3) is 3.73. The third-order valence-electron chi connectivity index (χ3n) is 3.21. The zero-order valence-electron chi connectivity index (χ0n) is 35.5. The number of rotatable bonds is 7. The molecule has 144 valence electrons. The molecule has 0 saturated carbocycles. The predicted molar refractivity (Wildman–Crippen MR) is 104 cm³/mol. The standard InChI is InChI=1S/C22H22N2O4/c1-15-14-16(2)24-21(23-15)28-19(20(25)26)22(27-3,17-10-6-4-7-11-17)18-12-8-5-9-13-18/h4-14,19H,1-3H3,(H,25,26)/t19-/m1/s1/i1D3,2D3,3D3,4D,5D,6D,7D,8D,9D,10D,11D,12D,13D,14D,19D/hD. The maximum atomic E-state index is 13.7. The maximum Gasteiger partial charge on any atom is 0.348 e. The second-order valence-corrected chi connectivity index (χ2v) is 4.83. The Hall–Kier alpha value is -3.25. The lowest BCUT2D eigenvalue weighted by Crippen LogP contribution is -2.50. The summed E-state index contributed by atoms with van der Waals surface area (Å²) in [5.74, 6) is -2.50. The van der Waals surface area contributed by atoms with Crippen LogP contribution in [0, 0.1) is 13.7 Å². The average Bonchev–Trinajstić information content (AvgIpc) is 2.99. The summed E-state index contributed by atoms with van der Waals surface area (Å²) in [6.07, 6.45) is -4.48. The number of benzene rings is 2. The molecule has 3 aromatic rings. The number of carboxylic acids is 1. The summed E-state index contributed by atoms with van der Waals surface area (Å²) in [5, 5.41) is 3.91. The molecule has 6 nitrogen and oxygen atoms in total. The van der Waals surface area contributed by atoms with Gasteiger partial charge in [0, 0.05) is 26.7 Å². The van der Waals surface area contributed by atoms with Crippen LogP contribution >= 0.6 is 0 Å². The molecule has 0 unspecified atom stereocenters. The topological polar surface area (TPSA) is 81.5 Å². The van der Waals surface area contributed by atoms with E-state index in [2.05, 4.69) is 15.1 Å². The van der Waals surface area contributed by atoms with Gasteiger partial charge in [0.05, 0.1) is 20.6 Å². The summed E-state index contributed by atoms with van der Waals surface area (Å²) in [5.41, 5.74) is -10.3. The zero-order valence-corrected chi connectivity index (χ0v) is 13.5. The molecule has 1 N–H and O–H groups in total. The van der Waals surface area contributed by atoms with Crippen molar-refractivity contribution >= 4 is 5.97 Å². The molecule has 2 aromatic carbocycles. The van der Waals surface area contributed by atoms with Gasteiger partial charge in [0.1, 0.15) is 0 Å². The van der Waals surface area contributed by atoms with Gasteiger partial charge in [0.2, 0.25) is 6.08 Å². The number of nitrogens with zero attached hydrogens (tertiary/aromatic N) is 2. The molecule has 1 heterocycles. The maximum absolute atomic E-state index is 13.7. The summed E-state index contributed by atoms with van der Waals surface area (Å²) < 4.78 is 189. The zero-order chi connectivity index (χ0) is 38.9. The first-order valence-electron chi connectivity index (χ1n) is 18.0. The minimum Gasteiger partial charge on any atom is -0.478 e. The minimum absolute atomic E-state index is 1.16. The van der Waals surface area contributed by atoms with Gasteiger partial charge in [0.15, 0.2) is 5.60 Å². The predicted octanol–water partition coefficient (Wildman–Crippen LogP) is 3.52. The van der Waals surface area contributed by atoms with Gasteiger partial charge in [-0.25, -0.2) is 14.8 Å². The first-order valence-corrected chi connectivity index (χ1v) is 7.12. The summed E-state index contributed by atoms with van der Waals surface area (Å²) in [4.78, 5) is 20.4. The second kappa shape index (κ2) is 8.19. The van der Waals surface area contributed by atoms with Crippen molar-refractivity contribution in [1.82, 2.24) is 9.97 Å². The van der Waals surface area contributed by atoms with E-state index in [0.717, 1.165) is 0 Å². The van der Waals surface area contributed by atoms with Gasteiger partial charge in [-0.1, -0.05) is 60.4 Å². The fourth-order valence-corrected chi connectivity index (χ4v) is 2.13. The largest absolute Gasteiger partial charge is 0.478 e. The Morgan fingerprint density at radius 3 is 2.14 bits per heavy atom. The van der Waals surface area contributed by atoms with Crippen molar-refractivity contribution < 1.29 is 48.2 Å². The number of hydrogen-bond acceptors (Lipinski definition) is 6. The molecular weight excluding hydrogens is 356 g/mol. The van der Waals surface area contributed by atoms with E-state index in [1.807, 2.05) is 0 Å². The SMILES string of the molecule is [2H]OC(=O)[C@@]([2H])(Oc1nc(C([2H])([2H])[2H])c([2H])c(C([2H])([2H])[2H])n1)C(OC([2H])([2H])[2H])(c1c([2H])c([2H])c([2H])c([2H])c1[2H])c1c([2H])c([2H])c([2H])c([2H])c1[2H]. The molecule has 1 atom stereocenters. The summed E-state index contributed by atoms with van der Waals surface area (Å²) in [6, 6.07) is -16.7. The number of aromatic nitrogens is 2. The number of carbonyl (C=O) groups is 1. The van der Waals surface area contributed by atoms with Crippen LogP contribution < -0.4 is 4.74 Å². The van der Waals surface area contributed by atoms with E-state index in [1.165, 1.54) is 0 Å². The smallest absolute Gasteiger partial charge is 0.348 e. The average molecular weight is 401 g/mol. The van der Waals surface area contributed by atoms with Crippen LogP contribution in [-0.2, 0) is 15.1 Å². The number of methoxy groups -OCH3 is 1. The molecule has 28 heavy (non-hydrogen) atoms. The lowest BCUT2D eigenvalue weighted by atomic mass is 9.81. The first kappa shape index (κ1) is 5.87. The lowest BCUT2D eigenvalue weighted by molar-refractivity contribution is -0.160. The van der Waals surface area contributed by atoms with Gasteiger partial charge < -0.3 is 14.6 Å².